The van der Waals surface area contributed by atoms with Crippen LogP contribution in [0.1, 0.15) is 31.4 Å². The van der Waals surface area contributed by atoms with E-state index >= 15 is 0 Å². The van der Waals surface area contributed by atoms with Crippen LogP contribution in [0.15, 0.2) is 29.3 Å². The third-order valence-corrected chi connectivity index (χ3v) is 3.05. The van der Waals surface area contributed by atoms with Gasteiger partial charge in [0.05, 0.1) is 0 Å². The molecule has 0 amide bonds. The Hall–Kier alpha value is -1.51. The molecule has 0 aliphatic heterocycles. The van der Waals surface area contributed by atoms with E-state index in [0.29, 0.717) is 6.04 Å². The van der Waals surface area contributed by atoms with Crippen molar-refractivity contribution >= 4 is 5.96 Å². The molecule has 1 unspecified atom stereocenters. The van der Waals surface area contributed by atoms with E-state index in [-0.39, 0.29) is 0 Å². The third kappa shape index (κ3) is 5.21. The molecule has 0 spiro atoms. The van der Waals surface area contributed by atoms with Crippen LogP contribution in [-0.4, -0.2) is 25.6 Å². The summed E-state index contributed by atoms with van der Waals surface area (Å²) in [6.45, 7) is 7.34. The largest absolute Gasteiger partial charge is 0.356 e. The van der Waals surface area contributed by atoms with Gasteiger partial charge in [-0.3, -0.25) is 4.99 Å². The zero-order chi connectivity index (χ0) is 13.4. The second-order valence-corrected chi connectivity index (χ2v) is 4.69. The number of benzene rings is 1. The second-order valence-electron chi connectivity index (χ2n) is 4.69. The second kappa shape index (κ2) is 7.75. The summed E-state index contributed by atoms with van der Waals surface area (Å²) in [5.41, 5.74) is 2.66. The zero-order valence-corrected chi connectivity index (χ0v) is 12.0. The summed E-state index contributed by atoms with van der Waals surface area (Å²) in [5, 5.41) is 6.69. The molecule has 0 fully saturated rings. The number of nitrogens with zero attached hydrogens (tertiary/aromatic N) is 1. The maximum Gasteiger partial charge on any atom is 0.191 e. The van der Waals surface area contributed by atoms with E-state index in [4.69, 9.17) is 0 Å². The first kappa shape index (κ1) is 14.6. The van der Waals surface area contributed by atoms with Gasteiger partial charge in [0.15, 0.2) is 5.96 Å². The molecule has 0 radical (unpaired) electrons. The van der Waals surface area contributed by atoms with Crippen LogP contribution in [0.3, 0.4) is 0 Å². The summed E-state index contributed by atoms with van der Waals surface area (Å²) in [7, 11) is 1.81. The molecule has 3 nitrogen and oxygen atoms in total. The highest BCUT2D eigenvalue weighted by Gasteiger charge is 2.01. The third-order valence-electron chi connectivity index (χ3n) is 3.05. The molecule has 0 heterocycles. The Morgan fingerprint density at radius 2 is 1.94 bits per heavy atom. The van der Waals surface area contributed by atoms with Crippen molar-refractivity contribution in [2.24, 2.45) is 4.99 Å². The van der Waals surface area contributed by atoms with Gasteiger partial charge < -0.3 is 10.6 Å². The minimum atomic E-state index is 0.454. The van der Waals surface area contributed by atoms with E-state index in [0.717, 1.165) is 25.3 Å². The minimum absolute atomic E-state index is 0.454. The van der Waals surface area contributed by atoms with Gasteiger partial charge in [-0.25, -0.2) is 0 Å². The number of hydrogen-bond acceptors (Lipinski definition) is 1. The molecule has 0 bridgehead atoms. The molecule has 1 aromatic rings. The Kier molecular flexibility index (Phi) is 6.26. The number of nitrogens with one attached hydrogen (secondary N) is 2. The highest BCUT2D eigenvalue weighted by Crippen LogP contribution is 2.03. The van der Waals surface area contributed by atoms with Crippen LogP contribution in [-0.2, 0) is 6.42 Å². The SMILES string of the molecule is CCC(C)NC(=NC)NCCc1ccc(C)cc1. The number of guanidine groups is 1. The molecular formula is C15H25N3. The molecule has 1 rings (SSSR count). The maximum absolute atomic E-state index is 4.22. The van der Waals surface area contributed by atoms with Crippen molar-refractivity contribution in [1.82, 2.24) is 10.6 Å². The predicted molar refractivity (Wildman–Crippen MR) is 79.1 cm³/mol. The van der Waals surface area contributed by atoms with Crippen LogP contribution in [0.2, 0.25) is 0 Å². The summed E-state index contributed by atoms with van der Waals surface area (Å²) in [6.07, 6.45) is 2.11. The van der Waals surface area contributed by atoms with Crippen molar-refractivity contribution in [2.75, 3.05) is 13.6 Å². The van der Waals surface area contributed by atoms with Crippen LogP contribution < -0.4 is 10.6 Å². The quantitative estimate of drug-likeness (QED) is 0.619. The summed E-state index contributed by atoms with van der Waals surface area (Å²) in [6, 6.07) is 9.13. The standard InChI is InChI=1S/C15H25N3/c1-5-13(3)18-15(16-4)17-11-10-14-8-6-12(2)7-9-14/h6-9,13H,5,10-11H2,1-4H3,(H2,16,17,18). The molecule has 1 aromatic carbocycles. The van der Waals surface area contributed by atoms with E-state index < -0.39 is 0 Å². The number of rotatable bonds is 5. The van der Waals surface area contributed by atoms with Gasteiger partial charge in [0.1, 0.15) is 0 Å². The Morgan fingerprint density at radius 1 is 1.28 bits per heavy atom. The van der Waals surface area contributed by atoms with Gasteiger partial charge in [0.2, 0.25) is 0 Å². The van der Waals surface area contributed by atoms with Crippen LogP contribution in [0, 0.1) is 6.92 Å². The molecule has 0 aliphatic rings. The maximum atomic E-state index is 4.22. The molecule has 3 heteroatoms. The lowest BCUT2D eigenvalue weighted by molar-refractivity contribution is 0.624. The summed E-state index contributed by atoms with van der Waals surface area (Å²) < 4.78 is 0. The molecule has 0 saturated carbocycles. The van der Waals surface area contributed by atoms with Crippen molar-refractivity contribution in [3.8, 4) is 0 Å². The van der Waals surface area contributed by atoms with Crippen LogP contribution >= 0.6 is 0 Å². The molecule has 100 valence electrons. The molecule has 0 saturated heterocycles. The monoisotopic (exact) mass is 247 g/mol. The van der Waals surface area contributed by atoms with E-state index in [2.05, 4.69) is 60.7 Å². The van der Waals surface area contributed by atoms with Crippen molar-refractivity contribution in [3.05, 3.63) is 35.4 Å². The van der Waals surface area contributed by atoms with E-state index in [1.165, 1.54) is 11.1 Å². The van der Waals surface area contributed by atoms with Crippen LogP contribution in [0.5, 0.6) is 0 Å². The lowest BCUT2D eigenvalue weighted by Crippen LogP contribution is -2.42. The predicted octanol–water partition coefficient (Wildman–Crippen LogP) is 2.50. The number of hydrogen-bond donors (Lipinski definition) is 2. The normalized spacial score (nSPS) is 13.2. The van der Waals surface area contributed by atoms with Gasteiger partial charge in [-0.2, -0.15) is 0 Å². The fourth-order valence-corrected chi connectivity index (χ4v) is 1.61. The Bertz CT molecular complexity index is 368. The van der Waals surface area contributed by atoms with E-state index in [9.17, 15) is 0 Å². The van der Waals surface area contributed by atoms with Crippen LogP contribution in [0.25, 0.3) is 0 Å². The fourth-order valence-electron chi connectivity index (χ4n) is 1.61. The Morgan fingerprint density at radius 3 is 2.50 bits per heavy atom. The lowest BCUT2D eigenvalue weighted by Gasteiger charge is -2.16. The lowest BCUT2D eigenvalue weighted by atomic mass is 10.1. The molecule has 0 aromatic heterocycles. The molecular weight excluding hydrogens is 222 g/mol. The van der Waals surface area contributed by atoms with Crippen molar-refractivity contribution < 1.29 is 0 Å². The molecule has 1 atom stereocenters. The fraction of sp³-hybridized carbons (Fsp3) is 0.533. The molecule has 18 heavy (non-hydrogen) atoms. The Balaban J connectivity index is 2.33. The van der Waals surface area contributed by atoms with Gasteiger partial charge in [-0.05, 0) is 32.3 Å². The minimum Gasteiger partial charge on any atom is -0.356 e. The van der Waals surface area contributed by atoms with E-state index in [1.807, 2.05) is 7.05 Å². The highest BCUT2D eigenvalue weighted by atomic mass is 15.2. The summed E-state index contributed by atoms with van der Waals surface area (Å²) in [4.78, 5) is 4.22. The summed E-state index contributed by atoms with van der Waals surface area (Å²) in [5.74, 6) is 0.886. The smallest absolute Gasteiger partial charge is 0.191 e. The van der Waals surface area contributed by atoms with Crippen molar-refractivity contribution in [1.29, 1.82) is 0 Å². The van der Waals surface area contributed by atoms with Gasteiger partial charge in [0, 0.05) is 19.6 Å². The topological polar surface area (TPSA) is 36.4 Å². The number of aryl methyl sites for hydroxylation is 1. The first-order chi connectivity index (χ1) is 8.65. The summed E-state index contributed by atoms with van der Waals surface area (Å²) >= 11 is 0. The molecule has 2 N–H and O–H groups in total. The highest BCUT2D eigenvalue weighted by molar-refractivity contribution is 5.79. The zero-order valence-electron chi connectivity index (χ0n) is 12.0. The average Bonchev–Trinajstić information content (AvgIpc) is 2.39. The van der Waals surface area contributed by atoms with Gasteiger partial charge in [-0.15, -0.1) is 0 Å². The van der Waals surface area contributed by atoms with Gasteiger partial charge in [0.25, 0.3) is 0 Å². The molecule has 0 aliphatic carbocycles. The Labute approximate surface area is 111 Å². The number of aliphatic imine (C=N–C) groups is 1. The van der Waals surface area contributed by atoms with Gasteiger partial charge >= 0.3 is 0 Å². The van der Waals surface area contributed by atoms with E-state index in [1.54, 1.807) is 0 Å². The van der Waals surface area contributed by atoms with Crippen molar-refractivity contribution in [2.45, 2.75) is 39.7 Å². The van der Waals surface area contributed by atoms with Crippen LogP contribution in [0.4, 0.5) is 0 Å². The van der Waals surface area contributed by atoms with Crippen molar-refractivity contribution in [3.63, 3.8) is 0 Å². The average molecular weight is 247 g/mol. The first-order valence-electron chi connectivity index (χ1n) is 6.68. The van der Waals surface area contributed by atoms with Gasteiger partial charge in [-0.1, -0.05) is 36.8 Å². The first-order valence-corrected chi connectivity index (χ1v) is 6.68.